The fourth-order valence-corrected chi connectivity index (χ4v) is 2.39. The van der Waals surface area contributed by atoms with Crippen molar-refractivity contribution in [1.29, 1.82) is 0 Å². The fourth-order valence-electron chi connectivity index (χ4n) is 2.39. The minimum atomic E-state index is -0.788. The molecule has 0 aliphatic heterocycles. The van der Waals surface area contributed by atoms with Crippen LogP contribution in [0, 0.1) is 11.3 Å². The molecule has 0 amide bonds. The molecule has 0 radical (unpaired) electrons. The molecular formula is C10H18O2. The van der Waals surface area contributed by atoms with Crippen LogP contribution in [0.1, 0.15) is 40.0 Å². The number of rotatable bonds is 1. The molecule has 12 heavy (non-hydrogen) atoms. The van der Waals surface area contributed by atoms with Crippen molar-refractivity contribution in [3.8, 4) is 0 Å². The van der Waals surface area contributed by atoms with Crippen molar-refractivity contribution in [3.63, 3.8) is 0 Å². The highest BCUT2D eigenvalue weighted by molar-refractivity contribution is 5.57. The highest BCUT2D eigenvalue weighted by Gasteiger charge is 2.45. The summed E-state index contributed by atoms with van der Waals surface area (Å²) in [7, 11) is 0. The van der Waals surface area contributed by atoms with E-state index in [1.54, 1.807) is 6.92 Å². The Morgan fingerprint density at radius 3 is 2.25 bits per heavy atom. The predicted octanol–water partition coefficient (Wildman–Crippen LogP) is 1.76. The van der Waals surface area contributed by atoms with E-state index in [1.165, 1.54) is 0 Å². The summed E-state index contributed by atoms with van der Waals surface area (Å²) >= 11 is 0. The first kappa shape index (κ1) is 9.72. The van der Waals surface area contributed by atoms with Crippen LogP contribution in [-0.2, 0) is 4.79 Å². The Kier molecular flexibility index (Phi) is 2.30. The molecule has 1 saturated carbocycles. The number of aldehydes is 1. The van der Waals surface area contributed by atoms with E-state index in [4.69, 9.17) is 0 Å². The zero-order valence-electron chi connectivity index (χ0n) is 8.13. The molecule has 2 nitrogen and oxygen atoms in total. The Labute approximate surface area is 74.0 Å². The van der Waals surface area contributed by atoms with Gasteiger partial charge in [-0.15, -0.1) is 0 Å². The van der Waals surface area contributed by atoms with Crippen molar-refractivity contribution in [1.82, 2.24) is 0 Å². The zero-order chi connectivity index (χ0) is 9.41. The van der Waals surface area contributed by atoms with Crippen LogP contribution in [0.15, 0.2) is 0 Å². The van der Waals surface area contributed by atoms with Gasteiger partial charge >= 0.3 is 0 Å². The van der Waals surface area contributed by atoms with E-state index in [9.17, 15) is 9.90 Å². The van der Waals surface area contributed by atoms with Crippen LogP contribution in [0.2, 0.25) is 0 Å². The van der Waals surface area contributed by atoms with E-state index < -0.39 is 5.60 Å². The normalized spacial score (nSPS) is 40.8. The Morgan fingerprint density at radius 1 is 1.33 bits per heavy atom. The maximum Gasteiger partial charge on any atom is 0.126 e. The van der Waals surface area contributed by atoms with Crippen LogP contribution in [0.5, 0.6) is 0 Å². The summed E-state index contributed by atoms with van der Waals surface area (Å²) < 4.78 is 0. The molecule has 0 heterocycles. The molecule has 2 unspecified atom stereocenters. The molecule has 70 valence electrons. The van der Waals surface area contributed by atoms with E-state index in [-0.39, 0.29) is 11.3 Å². The first-order chi connectivity index (χ1) is 5.40. The van der Waals surface area contributed by atoms with Crippen LogP contribution < -0.4 is 0 Å². The number of carbonyl (C=O) groups is 1. The maximum absolute atomic E-state index is 10.8. The second kappa shape index (κ2) is 2.84. The molecule has 1 N–H and O–H groups in total. The fraction of sp³-hybridized carbons (Fsp3) is 0.900. The van der Waals surface area contributed by atoms with Crippen molar-refractivity contribution >= 4 is 6.29 Å². The topological polar surface area (TPSA) is 37.3 Å². The summed E-state index contributed by atoms with van der Waals surface area (Å²) in [4.78, 5) is 10.8. The lowest BCUT2D eigenvalue weighted by molar-refractivity contribution is -0.134. The smallest absolute Gasteiger partial charge is 0.126 e. The zero-order valence-corrected chi connectivity index (χ0v) is 8.13. The highest BCUT2D eigenvalue weighted by atomic mass is 16.3. The lowest BCUT2D eigenvalue weighted by Gasteiger charge is -2.45. The monoisotopic (exact) mass is 170 g/mol. The van der Waals surface area contributed by atoms with Crippen molar-refractivity contribution < 1.29 is 9.90 Å². The number of carbonyl (C=O) groups excluding carboxylic acids is 1. The largest absolute Gasteiger partial charge is 0.389 e. The van der Waals surface area contributed by atoms with Gasteiger partial charge in [-0.1, -0.05) is 20.3 Å². The molecule has 0 aromatic rings. The van der Waals surface area contributed by atoms with Gasteiger partial charge in [-0.3, -0.25) is 0 Å². The van der Waals surface area contributed by atoms with Crippen molar-refractivity contribution in [2.24, 2.45) is 11.3 Å². The van der Waals surface area contributed by atoms with E-state index in [2.05, 4.69) is 13.8 Å². The molecular weight excluding hydrogens is 152 g/mol. The van der Waals surface area contributed by atoms with Crippen molar-refractivity contribution in [2.45, 2.75) is 45.6 Å². The second-order valence-corrected chi connectivity index (χ2v) is 4.81. The third-order valence-electron chi connectivity index (χ3n) is 3.15. The molecule has 1 aliphatic rings. The summed E-state index contributed by atoms with van der Waals surface area (Å²) in [6, 6.07) is 0. The summed E-state index contributed by atoms with van der Waals surface area (Å²) in [6.07, 6.45) is 3.72. The number of hydrogen-bond donors (Lipinski definition) is 1. The highest BCUT2D eigenvalue weighted by Crippen LogP contribution is 2.44. The Hall–Kier alpha value is -0.370. The Bertz CT molecular complexity index is 166. The minimum absolute atomic E-state index is 0.0382. The van der Waals surface area contributed by atoms with E-state index in [1.807, 2.05) is 0 Å². The molecule has 0 aromatic heterocycles. The van der Waals surface area contributed by atoms with Crippen molar-refractivity contribution in [2.75, 3.05) is 0 Å². The van der Waals surface area contributed by atoms with Crippen LogP contribution in [0.4, 0.5) is 0 Å². The average molecular weight is 170 g/mol. The van der Waals surface area contributed by atoms with Gasteiger partial charge in [0.1, 0.15) is 6.29 Å². The van der Waals surface area contributed by atoms with Crippen LogP contribution >= 0.6 is 0 Å². The number of aliphatic hydroxyl groups is 1. The van der Waals surface area contributed by atoms with E-state index in [0.29, 0.717) is 0 Å². The molecule has 0 aromatic carbocycles. The lowest BCUT2D eigenvalue weighted by atomic mass is 9.62. The van der Waals surface area contributed by atoms with Gasteiger partial charge in [0.15, 0.2) is 0 Å². The van der Waals surface area contributed by atoms with Gasteiger partial charge in [0.2, 0.25) is 0 Å². The standard InChI is InChI=1S/C10H18O2/c1-9(2)5-4-6-10(3,12)8(9)7-11/h7-8,12H,4-6H2,1-3H3. The second-order valence-electron chi connectivity index (χ2n) is 4.81. The SMILES string of the molecule is CC1(C)CCCC(C)(O)C1C=O. The molecule has 0 spiro atoms. The van der Waals surface area contributed by atoms with Gasteiger partial charge < -0.3 is 9.90 Å². The van der Waals surface area contributed by atoms with Gasteiger partial charge in [0.05, 0.1) is 5.60 Å². The maximum atomic E-state index is 10.8. The lowest BCUT2D eigenvalue weighted by Crippen LogP contribution is -2.47. The third kappa shape index (κ3) is 1.53. The molecule has 2 atom stereocenters. The van der Waals surface area contributed by atoms with E-state index in [0.717, 1.165) is 25.5 Å². The average Bonchev–Trinajstić information content (AvgIpc) is 1.83. The minimum Gasteiger partial charge on any atom is -0.389 e. The summed E-state index contributed by atoms with van der Waals surface area (Å²) in [5.41, 5.74) is -0.826. The summed E-state index contributed by atoms with van der Waals surface area (Å²) in [5, 5.41) is 9.94. The summed E-state index contributed by atoms with van der Waals surface area (Å²) in [5.74, 6) is -0.209. The van der Waals surface area contributed by atoms with Gasteiger partial charge in [0, 0.05) is 5.92 Å². The van der Waals surface area contributed by atoms with Crippen molar-refractivity contribution in [3.05, 3.63) is 0 Å². The van der Waals surface area contributed by atoms with Gasteiger partial charge in [0.25, 0.3) is 0 Å². The quantitative estimate of drug-likeness (QED) is 0.609. The third-order valence-corrected chi connectivity index (χ3v) is 3.15. The molecule has 1 aliphatic carbocycles. The van der Waals surface area contributed by atoms with Gasteiger partial charge in [-0.05, 0) is 25.2 Å². The molecule has 0 bridgehead atoms. The Morgan fingerprint density at radius 2 is 1.92 bits per heavy atom. The van der Waals surface area contributed by atoms with Crippen LogP contribution in [0.3, 0.4) is 0 Å². The van der Waals surface area contributed by atoms with Gasteiger partial charge in [-0.2, -0.15) is 0 Å². The first-order valence-electron chi connectivity index (χ1n) is 4.58. The number of hydrogen-bond acceptors (Lipinski definition) is 2. The summed E-state index contributed by atoms with van der Waals surface area (Å²) in [6.45, 7) is 5.88. The first-order valence-corrected chi connectivity index (χ1v) is 4.58. The molecule has 1 fully saturated rings. The molecule has 1 rings (SSSR count). The van der Waals surface area contributed by atoms with E-state index >= 15 is 0 Å². The van der Waals surface area contributed by atoms with Gasteiger partial charge in [-0.25, -0.2) is 0 Å². The molecule has 2 heteroatoms. The van der Waals surface area contributed by atoms with Crippen LogP contribution in [0.25, 0.3) is 0 Å². The molecule has 0 saturated heterocycles. The Balaban J connectivity index is 2.88. The predicted molar refractivity (Wildman–Crippen MR) is 47.8 cm³/mol. The van der Waals surface area contributed by atoms with Crippen LogP contribution in [-0.4, -0.2) is 17.0 Å².